The van der Waals surface area contributed by atoms with Crippen molar-refractivity contribution in [3.05, 3.63) is 63.7 Å². The molecule has 0 saturated carbocycles. The summed E-state index contributed by atoms with van der Waals surface area (Å²) < 4.78 is 5.50. The van der Waals surface area contributed by atoms with Crippen molar-refractivity contribution in [3.8, 4) is 5.75 Å². The topological polar surface area (TPSA) is 38.3 Å². The van der Waals surface area contributed by atoms with E-state index in [0.717, 1.165) is 28.0 Å². The molecule has 0 unspecified atom stereocenters. The summed E-state index contributed by atoms with van der Waals surface area (Å²) in [6.45, 7) is 8.36. The molecule has 26 heavy (non-hydrogen) atoms. The fourth-order valence-electron chi connectivity index (χ4n) is 3.15. The summed E-state index contributed by atoms with van der Waals surface area (Å²) in [6, 6.07) is 11.8. The van der Waals surface area contributed by atoms with Gasteiger partial charge in [0.25, 0.3) is 0 Å². The quantitative estimate of drug-likeness (QED) is 0.686. The molecule has 1 N–H and O–H groups in total. The predicted octanol–water partition coefficient (Wildman–Crippen LogP) is 5.59. The Labute approximate surface area is 161 Å². The molecule has 0 radical (unpaired) electrons. The number of carbonyl (C=O) groups is 1. The fourth-order valence-corrected chi connectivity index (χ4v) is 3.38. The molecular formula is C22H28ClNO2. The molecule has 140 valence electrons. The number of amides is 1. The monoisotopic (exact) mass is 373 g/mol. The van der Waals surface area contributed by atoms with Gasteiger partial charge in [0.05, 0.1) is 13.2 Å². The Kier molecular flexibility index (Phi) is 7.10. The van der Waals surface area contributed by atoms with Gasteiger partial charge in [-0.25, -0.2) is 0 Å². The average Bonchev–Trinajstić information content (AvgIpc) is 2.60. The second-order valence-corrected chi connectivity index (χ2v) is 7.39. The number of nitrogens with one attached hydrogen (secondary N) is 1. The first-order chi connectivity index (χ1) is 12.3. The van der Waals surface area contributed by atoms with Crippen LogP contribution in [-0.2, 0) is 11.2 Å². The van der Waals surface area contributed by atoms with Crippen molar-refractivity contribution < 1.29 is 9.53 Å². The van der Waals surface area contributed by atoms with Crippen LogP contribution in [0.1, 0.15) is 61.4 Å². The smallest absolute Gasteiger partial charge is 0.220 e. The van der Waals surface area contributed by atoms with E-state index >= 15 is 0 Å². The van der Waals surface area contributed by atoms with E-state index in [-0.39, 0.29) is 11.9 Å². The lowest BCUT2D eigenvalue weighted by atomic mass is 9.93. The zero-order valence-electron chi connectivity index (χ0n) is 16.2. The SMILES string of the molecule is COc1cc(C)c([C@@H](C)NC(=O)CCc2ccccc2Cl)cc1C(C)C. The van der Waals surface area contributed by atoms with E-state index in [9.17, 15) is 4.79 Å². The molecule has 0 heterocycles. The standard InChI is InChI=1S/C22H28ClNO2/c1-14(2)18-13-19(15(3)12-21(18)26-5)16(4)24-22(25)11-10-17-8-6-7-9-20(17)23/h6-9,12-14,16H,10-11H2,1-5H3,(H,24,25)/t16-/m1/s1. The summed E-state index contributed by atoms with van der Waals surface area (Å²) in [6.07, 6.45) is 1.05. The molecule has 0 aromatic heterocycles. The van der Waals surface area contributed by atoms with Crippen LogP contribution in [0.3, 0.4) is 0 Å². The molecule has 0 aliphatic rings. The number of carbonyl (C=O) groups excluding carboxylic acids is 1. The lowest BCUT2D eigenvalue weighted by Crippen LogP contribution is -2.27. The van der Waals surface area contributed by atoms with Crippen LogP contribution in [0.15, 0.2) is 36.4 Å². The molecule has 0 bridgehead atoms. The first kappa shape index (κ1) is 20.3. The van der Waals surface area contributed by atoms with Crippen LogP contribution in [0.4, 0.5) is 0 Å². The molecular weight excluding hydrogens is 346 g/mol. The highest BCUT2D eigenvalue weighted by Crippen LogP contribution is 2.32. The third kappa shape index (κ3) is 5.01. The molecule has 0 spiro atoms. The van der Waals surface area contributed by atoms with Crippen LogP contribution >= 0.6 is 11.6 Å². The van der Waals surface area contributed by atoms with Gasteiger partial charge in [0.1, 0.15) is 5.75 Å². The molecule has 3 nitrogen and oxygen atoms in total. The summed E-state index contributed by atoms with van der Waals surface area (Å²) in [5.74, 6) is 1.28. The van der Waals surface area contributed by atoms with Gasteiger partial charge in [0.15, 0.2) is 0 Å². The molecule has 0 fully saturated rings. The van der Waals surface area contributed by atoms with Crippen molar-refractivity contribution in [3.63, 3.8) is 0 Å². The zero-order chi connectivity index (χ0) is 19.3. The van der Waals surface area contributed by atoms with Crippen LogP contribution < -0.4 is 10.1 Å². The number of benzene rings is 2. The minimum Gasteiger partial charge on any atom is -0.496 e. The van der Waals surface area contributed by atoms with E-state index < -0.39 is 0 Å². The Bertz CT molecular complexity index is 771. The molecule has 0 aliphatic carbocycles. The third-order valence-corrected chi connectivity index (χ3v) is 5.03. The first-order valence-corrected chi connectivity index (χ1v) is 9.42. The van der Waals surface area contributed by atoms with Crippen LogP contribution in [0.5, 0.6) is 5.75 Å². The highest BCUT2D eigenvalue weighted by Gasteiger charge is 2.17. The lowest BCUT2D eigenvalue weighted by molar-refractivity contribution is -0.121. The number of rotatable bonds is 7. The van der Waals surface area contributed by atoms with Gasteiger partial charge < -0.3 is 10.1 Å². The van der Waals surface area contributed by atoms with Crippen LogP contribution in [-0.4, -0.2) is 13.0 Å². The fraction of sp³-hybridized carbons (Fsp3) is 0.409. The molecule has 1 amide bonds. The minimum atomic E-state index is -0.0582. The van der Waals surface area contributed by atoms with Crippen molar-refractivity contribution in [1.29, 1.82) is 0 Å². The molecule has 1 atom stereocenters. The molecule has 0 saturated heterocycles. The molecule has 2 aromatic carbocycles. The van der Waals surface area contributed by atoms with E-state index in [0.29, 0.717) is 23.8 Å². The molecule has 0 aliphatic heterocycles. The Balaban J connectivity index is 2.07. The van der Waals surface area contributed by atoms with Gasteiger partial charge >= 0.3 is 0 Å². The molecule has 2 rings (SSSR count). The van der Waals surface area contributed by atoms with Gasteiger partial charge in [-0.2, -0.15) is 0 Å². The van der Waals surface area contributed by atoms with Crippen LogP contribution in [0, 0.1) is 6.92 Å². The zero-order valence-corrected chi connectivity index (χ0v) is 17.0. The summed E-state index contributed by atoms with van der Waals surface area (Å²) in [5.41, 5.74) is 4.40. The Hall–Kier alpha value is -2.00. The number of hydrogen-bond donors (Lipinski definition) is 1. The van der Waals surface area contributed by atoms with Gasteiger partial charge in [-0.3, -0.25) is 4.79 Å². The number of ether oxygens (including phenoxy) is 1. The van der Waals surface area contributed by atoms with Crippen molar-refractivity contribution in [1.82, 2.24) is 5.32 Å². The minimum absolute atomic E-state index is 0.0266. The van der Waals surface area contributed by atoms with E-state index in [2.05, 4.69) is 31.3 Å². The highest BCUT2D eigenvalue weighted by molar-refractivity contribution is 6.31. The lowest BCUT2D eigenvalue weighted by Gasteiger charge is -2.21. The summed E-state index contributed by atoms with van der Waals surface area (Å²) in [4.78, 5) is 12.4. The van der Waals surface area contributed by atoms with Gasteiger partial charge in [-0.05, 0) is 66.6 Å². The number of halogens is 1. The van der Waals surface area contributed by atoms with Gasteiger partial charge in [-0.1, -0.05) is 43.6 Å². The maximum Gasteiger partial charge on any atom is 0.220 e. The Morgan fingerprint density at radius 1 is 1.15 bits per heavy atom. The van der Waals surface area contributed by atoms with Gasteiger partial charge in [-0.15, -0.1) is 0 Å². The number of methoxy groups -OCH3 is 1. The predicted molar refractivity (Wildman–Crippen MR) is 108 cm³/mol. The van der Waals surface area contributed by atoms with Gasteiger partial charge in [0.2, 0.25) is 5.91 Å². The van der Waals surface area contributed by atoms with Crippen LogP contribution in [0.2, 0.25) is 5.02 Å². The Morgan fingerprint density at radius 2 is 1.85 bits per heavy atom. The first-order valence-electron chi connectivity index (χ1n) is 9.04. The second kappa shape index (κ2) is 9.09. The average molecular weight is 374 g/mol. The maximum absolute atomic E-state index is 12.4. The number of aryl methyl sites for hydroxylation is 2. The molecule has 4 heteroatoms. The van der Waals surface area contributed by atoms with Crippen molar-refractivity contribution in [2.45, 2.75) is 52.5 Å². The van der Waals surface area contributed by atoms with E-state index in [1.54, 1.807) is 7.11 Å². The third-order valence-electron chi connectivity index (χ3n) is 4.66. The van der Waals surface area contributed by atoms with Crippen molar-refractivity contribution >= 4 is 17.5 Å². The summed E-state index contributed by atoms with van der Waals surface area (Å²) in [7, 11) is 1.69. The van der Waals surface area contributed by atoms with E-state index in [4.69, 9.17) is 16.3 Å². The van der Waals surface area contributed by atoms with Gasteiger partial charge in [0, 0.05) is 11.4 Å². The van der Waals surface area contributed by atoms with Crippen LogP contribution in [0.25, 0.3) is 0 Å². The van der Waals surface area contributed by atoms with E-state index in [1.165, 1.54) is 0 Å². The second-order valence-electron chi connectivity index (χ2n) is 6.99. The highest BCUT2D eigenvalue weighted by atomic mass is 35.5. The van der Waals surface area contributed by atoms with Crippen molar-refractivity contribution in [2.24, 2.45) is 0 Å². The normalized spacial score (nSPS) is 12.1. The number of hydrogen-bond acceptors (Lipinski definition) is 2. The van der Waals surface area contributed by atoms with E-state index in [1.807, 2.05) is 38.1 Å². The Morgan fingerprint density at radius 3 is 2.46 bits per heavy atom. The summed E-state index contributed by atoms with van der Waals surface area (Å²) >= 11 is 6.16. The van der Waals surface area contributed by atoms with Crippen molar-refractivity contribution in [2.75, 3.05) is 7.11 Å². The molecule has 2 aromatic rings. The summed E-state index contributed by atoms with van der Waals surface area (Å²) in [5, 5.41) is 3.82. The maximum atomic E-state index is 12.4. The largest absolute Gasteiger partial charge is 0.496 e.